The minimum absolute atomic E-state index is 0.0264. The molecule has 0 spiro atoms. The Morgan fingerprint density at radius 1 is 1.10 bits per heavy atom. The number of hydrogen-bond donors (Lipinski definition) is 0. The highest BCUT2D eigenvalue weighted by Crippen LogP contribution is 2.32. The van der Waals surface area contributed by atoms with Gasteiger partial charge in [0, 0.05) is 30.5 Å². The number of benzene rings is 1. The van der Waals surface area contributed by atoms with Crippen LogP contribution in [-0.2, 0) is 19.1 Å². The number of carbonyl (C=O) groups is 2. The van der Waals surface area contributed by atoms with Crippen molar-refractivity contribution in [3.8, 4) is 0 Å². The summed E-state index contributed by atoms with van der Waals surface area (Å²) >= 11 is 0. The third kappa shape index (κ3) is 4.18. The van der Waals surface area contributed by atoms with Gasteiger partial charge in [-0.15, -0.1) is 0 Å². The van der Waals surface area contributed by atoms with Gasteiger partial charge in [0.1, 0.15) is 11.5 Å². The van der Waals surface area contributed by atoms with Crippen molar-refractivity contribution in [3.63, 3.8) is 0 Å². The molecule has 1 atom stereocenters. The molecule has 1 saturated heterocycles. The van der Waals surface area contributed by atoms with E-state index in [9.17, 15) is 9.59 Å². The standard InChI is InChI=1S/C22H25FN2O4/c1-15-8-4-6-12-24(15)19-11-10-16(14-18(19)23)25-13-7-5-9-17(21(26)28-2)20(25)22(27)29-3/h5,7,9-11,13-15H,4,6,8,12H2,1-3H3. The van der Waals surface area contributed by atoms with Gasteiger partial charge in [-0.05, 0) is 50.5 Å². The van der Waals surface area contributed by atoms with E-state index in [1.54, 1.807) is 30.5 Å². The summed E-state index contributed by atoms with van der Waals surface area (Å²) in [6.45, 7) is 2.90. The average molecular weight is 400 g/mol. The zero-order chi connectivity index (χ0) is 21.0. The fourth-order valence-electron chi connectivity index (χ4n) is 3.70. The average Bonchev–Trinajstić information content (AvgIpc) is 2.96. The lowest BCUT2D eigenvalue weighted by atomic mass is 10.0. The molecule has 1 aromatic carbocycles. The summed E-state index contributed by atoms with van der Waals surface area (Å²) in [6.07, 6.45) is 9.51. The quantitative estimate of drug-likeness (QED) is 0.719. The molecule has 2 aliphatic heterocycles. The number of esters is 2. The lowest BCUT2D eigenvalue weighted by molar-refractivity contribution is -0.139. The second-order valence-electron chi connectivity index (χ2n) is 6.99. The number of hydrogen-bond acceptors (Lipinski definition) is 6. The van der Waals surface area contributed by atoms with Crippen LogP contribution in [0, 0.1) is 5.82 Å². The van der Waals surface area contributed by atoms with E-state index in [0.29, 0.717) is 11.4 Å². The summed E-state index contributed by atoms with van der Waals surface area (Å²) < 4.78 is 24.7. The van der Waals surface area contributed by atoms with Crippen LogP contribution in [-0.4, -0.2) is 38.7 Å². The first-order valence-electron chi connectivity index (χ1n) is 9.59. The van der Waals surface area contributed by atoms with Crippen LogP contribution in [0.3, 0.4) is 0 Å². The number of anilines is 2. The van der Waals surface area contributed by atoms with Crippen molar-refractivity contribution in [1.29, 1.82) is 0 Å². The number of halogens is 1. The second kappa shape index (κ2) is 8.94. The van der Waals surface area contributed by atoms with Crippen LogP contribution >= 0.6 is 0 Å². The van der Waals surface area contributed by atoms with E-state index in [2.05, 4.69) is 11.8 Å². The summed E-state index contributed by atoms with van der Waals surface area (Å²) in [6, 6.07) is 5.07. The molecule has 0 radical (unpaired) electrons. The monoisotopic (exact) mass is 400 g/mol. The maximum absolute atomic E-state index is 15.1. The van der Waals surface area contributed by atoms with Crippen molar-refractivity contribution >= 4 is 23.3 Å². The van der Waals surface area contributed by atoms with E-state index in [-0.39, 0.29) is 23.1 Å². The van der Waals surface area contributed by atoms with Gasteiger partial charge < -0.3 is 19.3 Å². The van der Waals surface area contributed by atoms with E-state index >= 15 is 4.39 Å². The van der Waals surface area contributed by atoms with Crippen LogP contribution < -0.4 is 9.80 Å². The van der Waals surface area contributed by atoms with Gasteiger partial charge in [-0.2, -0.15) is 0 Å². The first-order valence-corrected chi connectivity index (χ1v) is 9.59. The fraction of sp³-hybridized carbons (Fsp3) is 0.364. The minimum Gasteiger partial charge on any atom is -0.465 e. The Morgan fingerprint density at radius 2 is 1.86 bits per heavy atom. The summed E-state index contributed by atoms with van der Waals surface area (Å²) in [5.41, 5.74) is 0.925. The first-order chi connectivity index (χ1) is 14.0. The summed E-state index contributed by atoms with van der Waals surface area (Å²) in [5, 5.41) is 0. The van der Waals surface area contributed by atoms with Gasteiger partial charge in [0.25, 0.3) is 0 Å². The van der Waals surface area contributed by atoms with Crippen LogP contribution in [0.5, 0.6) is 0 Å². The Labute approximate surface area is 169 Å². The highest BCUT2D eigenvalue weighted by Gasteiger charge is 2.28. The largest absolute Gasteiger partial charge is 0.465 e. The highest BCUT2D eigenvalue weighted by atomic mass is 19.1. The Hall–Kier alpha value is -3.09. The van der Waals surface area contributed by atoms with Crippen molar-refractivity contribution in [1.82, 2.24) is 0 Å². The topological polar surface area (TPSA) is 59.1 Å². The number of nitrogens with zero attached hydrogens (tertiary/aromatic N) is 2. The van der Waals surface area contributed by atoms with Crippen molar-refractivity contribution < 1.29 is 23.5 Å². The van der Waals surface area contributed by atoms with E-state index in [4.69, 9.17) is 9.47 Å². The Morgan fingerprint density at radius 3 is 2.52 bits per heavy atom. The van der Waals surface area contributed by atoms with Crippen molar-refractivity contribution in [2.45, 2.75) is 32.2 Å². The lowest BCUT2D eigenvalue weighted by Crippen LogP contribution is -2.38. The summed E-state index contributed by atoms with van der Waals surface area (Å²) in [4.78, 5) is 28.2. The molecule has 1 aromatic rings. The molecule has 0 amide bonds. The van der Waals surface area contributed by atoms with Crippen molar-refractivity contribution in [3.05, 3.63) is 59.7 Å². The van der Waals surface area contributed by atoms with Crippen LogP contribution in [0.25, 0.3) is 0 Å². The van der Waals surface area contributed by atoms with E-state index in [1.807, 2.05) is 0 Å². The third-order valence-electron chi connectivity index (χ3n) is 5.21. The normalized spacial score (nSPS) is 19.2. The van der Waals surface area contributed by atoms with Gasteiger partial charge in [-0.1, -0.05) is 6.08 Å². The number of rotatable bonds is 4. The Bertz CT molecular complexity index is 891. The molecule has 0 aromatic heterocycles. The summed E-state index contributed by atoms with van der Waals surface area (Å²) in [7, 11) is 2.46. The van der Waals surface area contributed by atoms with Gasteiger partial charge in [0.15, 0.2) is 0 Å². The molecule has 0 saturated carbocycles. The number of ether oxygens (including phenoxy) is 2. The van der Waals surface area contributed by atoms with Gasteiger partial charge in [0.05, 0.1) is 25.5 Å². The van der Waals surface area contributed by atoms with E-state index < -0.39 is 11.9 Å². The molecular formula is C22H25FN2O4. The van der Waals surface area contributed by atoms with Crippen molar-refractivity contribution in [2.24, 2.45) is 0 Å². The number of piperidine rings is 1. The molecule has 3 rings (SSSR count). The van der Waals surface area contributed by atoms with Gasteiger partial charge in [0.2, 0.25) is 0 Å². The van der Waals surface area contributed by atoms with Gasteiger partial charge >= 0.3 is 11.9 Å². The molecule has 0 N–H and O–H groups in total. The van der Waals surface area contributed by atoms with Gasteiger partial charge in [-0.25, -0.2) is 14.0 Å². The third-order valence-corrected chi connectivity index (χ3v) is 5.21. The number of carbonyl (C=O) groups excluding carboxylic acids is 2. The van der Waals surface area contributed by atoms with E-state index in [0.717, 1.165) is 25.8 Å². The molecule has 154 valence electrons. The van der Waals surface area contributed by atoms with Crippen LogP contribution in [0.4, 0.5) is 15.8 Å². The minimum atomic E-state index is -0.726. The smallest absolute Gasteiger partial charge is 0.355 e. The molecule has 2 aliphatic rings. The zero-order valence-corrected chi connectivity index (χ0v) is 16.9. The van der Waals surface area contributed by atoms with Crippen molar-refractivity contribution in [2.75, 3.05) is 30.6 Å². The maximum Gasteiger partial charge on any atom is 0.355 e. The Kier molecular flexibility index (Phi) is 6.36. The lowest BCUT2D eigenvalue weighted by Gasteiger charge is -2.36. The molecule has 2 heterocycles. The van der Waals surface area contributed by atoms with E-state index in [1.165, 1.54) is 31.3 Å². The molecular weight excluding hydrogens is 375 g/mol. The molecule has 1 fully saturated rings. The molecule has 6 nitrogen and oxygen atoms in total. The number of methoxy groups -OCH3 is 2. The molecule has 0 aliphatic carbocycles. The molecule has 0 bridgehead atoms. The van der Waals surface area contributed by atoms with Crippen LogP contribution in [0.15, 0.2) is 53.9 Å². The molecule has 7 heteroatoms. The number of allylic oxidation sites excluding steroid dienone is 2. The predicted octanol–water partition coefficient (Wildman–Crippen LogP) is 3.69. The zero-order valence-electron chi connectivity index (χ0n) is 16.9. The van der Waals surface area contributed by atoms with Gasteiger partial charge in [-0.3, -0.25) is 0 Å². The van der Waals surface area contributed by atoms with Crippen LogP contribution in [0.1, 0.15) is 26.2 Å². The molecule has 1 unspecified atom stereocenters. The maximum atomic E-state index is 15.1. The molecule has 29 heavy (non-hydrogen) atoms. The summed E-state index contributed by atoms with van der Waals surface area (Å²) in [5.74, 6) is -1.80. The van der Waals surface area contributed by atoms with Crippen LogP contribution in [0.2, 0.25) is 0 Å². The highest BCUT2D eigenvalue weighted by molar-refractivity contribution is 6.05. The second-order valence-corrected chi connectivity index (χ2v) is 6.99. The predicted molar refractivity (Wildman–Crippen MR) is 109 cm³/mol. The fourth-order valence-corrected chi connectivity index (χ4v) is 3.70. The Balaban J connectivity index is 2.04. The SMILES string of the molecule is COC(=O)C1=C(C(=O)OC)N(c2ccc(N3CCCCC3C)c(F)c2)C=CC=C1. The first kappa shape index (κ1) is 20.6.